The van der Waals surface area contributed by atoms with Gasteiger partial charge in [0.15, 0.2) is 5.94 Å². The van der Waals surface area contributed by atoms with Crippen molar-refractivity contribution in [2.75, 3.05) is 26.7 Å². The van der Waals surface area contributed by atoms with Gasteiger partial charge in [0, 0.05) is 43.1 Å². The number of likely N-dealkylation sites (tertiary alicyclic amines) is 1. The molecule has 0 saturated carbocycles. The molecule has 0 radical (unpaired) electrons. The summed E-state index contributed by atoms with van der Waals surface area (Å²) in [4.78, 5) is 19.9. The fraction of sp³-hybridized carbons (Fsp3) is 0.737. The van der Waals surface area contributed by atoms with Gasteiger partial charge in [0.2, 0.25) is 5.96 Å². The van der Waals surface area contributed by atoms with E-state index in [9.17, 15) is 9.35 Å². The van der Waals surface area contributed by atoms with Crippen LogP contribution in [-0.2, 0) is 20.9 Å². The van der Waals surface area contributed by atoms with E-state index in [0.717, 1.165) is 35.5 Å². The third-order valence-electron chi connectivity index (χ3n) is 5.85. The summed E-state index contributed by atoms with van der Waals surface area (Å²) in [7, 11) is 1.85. The van der Waals surface area contributed by atoms with E-state index in [1.54, 1.807) is 6.20 Å². The first-order valence-corrected chi connectivity index (χ1v) is 11.8. The standard InChI is InChI=1S/C19H29IN4O3S/c1-13-16(22-28(26)18(2,3)4)19(12-27-13)6-8-24(9-7-19)17-21-10-14(20)15(11-25)23(17)5/h10,13,16,22H,6-9,12H2,1-5H3/t13-,16+,28?/m0/s1. The second-order valence-corrected chi connectivity index (χ2v) is 11.9. The molecule has 3 atom stereocenters. The van der Waals surface area contributed by atoms with E-state index in [2.05, 4.69) is 44.1 Å². The lowest BCUT2D eigenvalue weighted by atomic mass is 9.73. The minimum atomic E-state index is -1.13. The van der Waals surface area contributed by atoms with Crippen molar-refractivity contribution < 1.29 is 14.1 Å². The molecule has 3 rings (SSSR count). The molecule has 0 aromatic rings. The van der Waals surface area contributed by atoms with Gasteiger partial charge in [-0.25, -0.2) is 9.79 Å². The van der Waals surface area contributed by atoms with E-state index in [-0.39, 0.29) is 22.3 Å². The average Bonchev–Trinajstić information content (AvgIpc) is 2.92. The largest absolute Gasteiger partial charge is 0.598 e. The third-order valence-corrected chi connectivity index (χ3v) is 8.22. The molecule has 28 heavy (non-hydrogen) atoms. The van der Waals surface area contributed by atoms with E-state index in [4.69, 9.17) is 4.74 Å². The number of nitrogens with one attached hydrogen (secondary N) is 1. The second kappa shape index (κ2) is 8.28. The van der Waals surface area contributed by atoms with Crippen molar-refractivity contribution in [3.63, 3.8) is 0 Å². The Labute approximate surface area is 184 Å². The van der Waals surface area contributed by atoms with Gasteiger partial charge in [0.05, 0.1) is 22.3 Å². The van der Waals surface area contributed by atoms with Crippen LogP contribution in [0.3, 0.4) is 0 Å². The lowest BCUT2D eigenvalue weighted by molar-refractivity contribution is 0.0820. The van der Waals surface area contributed by atoms with Crippen LogP contribution in [0.15, 0.2) is 20.5 Å². The Balaban J connectivity index is 1.72. The Morgan fingerprint density at radius 2 is 2.07 bits per heavy atom. The smallest absolute Gasteiger partial charge is 0.206 e. The van der Waals surface area contributed by atoms with Crippen molar-refractivity contribution in [2.24, 2.45) is 10.4 Å². The van der Waals surface area contributed by atoms with Gasteiger partial charge in [-0.15, -0.1) is 4.72 Å². The minimum absolute atomic E-state index is 0.0293. The van der Waals surface area contributed by atoms with Crippen molar-refractivity contribution in [3.05, 3.63) is 15.5 Å². The summed E-state index contributed by atoms with van der Waals surface area (Å²) >= 11 is 0.969. The Hall–Kier alpha value is -0.580. The van der Waals surface area contributed by atoms with Crippen LogP contribution in [-0.4, -0.2) is 69.9 Å². The number of carbonyl (C=O) groups excluding carboxylic acids is 1. The van der Waals surface area contributed by atoms with Crippen LogP contribution in [0.1, 0.15) is 40.5 Å². The van der Waals surface area contributed by atoms with Crippen molar-refractivity contribution in [2.45, 2.75) is 57.4 Å². The van der Waals surface area contributed by atoms with E-state index in [0.29, 0.717) is 12.3 Å². The molecule has 1 N–H and O–H groups in total. The van der Waals surface area contributed by atoms with Gasteiger partial charge in [-0.2, -0.15) is 0 Å². The average molecular weight is 520 g/mol. The molecule has 156 valence electrons. The first kappa shape index (κ1) is 22.1. The number of allylic oxidation sites excluding steroid dienone is 1. The highest BCUT2D eigenvalue weighted by molar-refractivity contribution is 14.1. The number of ether oxygens (including phenoxy) is 1. The highest BCUT2D eigenvalue weighted by Gasteiger charge is 2.52. The van der Waals surface area contributed by atoms with Crippen LogP contribution in [0.25, 0.3) is 0 Å². The minimum Gasteiger partial charge on any atom is -0.598 e. The Morgan fingerprint density at radius 1 is 1.43 bits per heavy atom. The van der Waals surface area contributed by atoms with Crippen LogP contribution >= 0.6 is 22.6 Å². The highest BCUT2D eigenvalue weighted by Crippen LogP contribution is 2.43. The summed E-state index contributed by atoms with van der Waals surface area (Å²) in [6.45, 7) is 10.3. The summed E-state index contributed by atoms with van der Waals surface area (Å²) in [5, 5.41) is 0. The van der Waals surface area contributed by atoms with Crippen molar-refractivity contribution >= 4 is 45.9 Å². The number of hydrogen-bond acceptors (Lipinski definition) is 7. The van der Waals surface area contributed by atoms with E-state index >= 15 is 0 Å². The summed E-state index contributed by atoms with van der Waals surface area (Å²) in [6, 6.07) is 0.0620. The normalized spacial score (nSPS) is 28.9. The number of nitrogens with zero attached hydrogens (tertiary/aromatic N) is 3. The first-order chi connectivity index (χ1) is 13.1. The predicted molar refractivity (Wildman–Crippen MR) is 120 cm³/mol. The quantitative estimate of drug-likeness (QED) is 0.342. The van der Waals surface area contributed by atoms with Crippen LogP contribution in [0.5, 0.6) is 0 Å². The van der Waals surface area contributed by atoms with Crippen LogP contribution in [0, 0.1) is 5.41 Å². The molecule has 2 fully saturated rings. The SMILES string of the molecule is C[C@@H]1OCC2(CCN(C3=NC=C(I)C(=C=O)N3C)CC2)[C@@H]1N[S+]([O-])C(C)(C)C. The summed E-state index contributed by atoms with van der Waals surface area (Å²) in [5.41, 5.74) is 0.488. The van der Waals surface area contributed by atoms with Gasteiger partial charge in [-0.3, -0.25) is 0 Å². The maximum atomic E-state index is 12.7. The number of aliphatic imine (C=N–C) groups is 1. The zero-order valence-corrected chi connectivity index (χ0v) is 20.1. The van der Waals surface area contributed by atoms with Crippen molar-refractivity contribution in [1.29, 1.82) is 0 Å². The topological polar surface area (TPSA) is 80.2 Å². The molecule has 3 aliphatic rings. The molecule has 0 aromatic heterocycles. The molecule has 3 heterocycles. The molecule has 0 bridgehead atoms. The number of rotatable bonds is 2. The van der Waals surface area contributed by atoms with E-state index in [1.165, 1.54) is 0 Å². The lowest BCUT2D eigenvalue weighted by Gasteiger charge is -2.45. The molecule has 1 spiro atoms. The lowest BCUT2D eigenvalue weighted by Crippen LogP contribution is -2.58. The molecule has 1 unspecified atom stereocenters. The summed E-state index contributed by atoms with van der Waals surface area (Å²) < 4.78 is 22.6. The highest BCUT2D eigenvalue weighted by atomic mass is 127. The van der Waals surface area contributed by atoms with Crippen LogP contribution in [0.2, 0.25) is 0 Å². The maximum Gasteiger partial charge on any atom is 0.206 e. The fourth-order valence-corrected chi connectivity index (χ4v) is 5.67. The fourth-order valence-electron chi connectivity index (χ4n) is 4.03. The summed E-state index contributed by atoms with van der Waals surface area (Å²) in [6.07, 6.45) is 3.59. The number of likely N-dealkylation sites (N-methyl/N-ethyl adjacent to an activating group) is 1. The predicted octanol–water partition coefficient (Wildman–Crippen LogP) is 2.20. The zero-order chi connectivity index (χ0) is 20.7. The molecule has 0 aromatic carbocycles. The molecule has 7 nitrogen and oxygen atoms in total. The molecule has 0 amide bonds. The second-order valence-electron chi connectivity index (χ2n) is 8.76. The number of guanidine groups is 1. The van der Waals surface area contributed by atoms with Gasteiger partial charge >= 0.3 is 0 Å². The number of hydrogen-bond donors (Lipinski definition) is 1. The van der Waals surface area contributed by atoms with Gasteiger partial charge in [-0.05, 0) is 63.1 Å². The molecule has 3 aliphatic heterocycles. The molecule has 9 heteroatoms. The monoisotopic (exact) mass is 520 g/mol. The van der Waals surface area contributed by atoms with E-state index < -0.39 is 11.4 Å². The third kappa shape index (κ3) is 4.15. The number of halogens is 1. The van der Waals surface area contributed by atoms with Crippen LogP contribution in [0.4, 0.5) is 0 Å². The zero-order valence-electron chi connectivity index (χ0n) is 17.1. The molecule has 0 aliphatic carbocycles. The van der Waals surface area contributed by atoms with Gasteiger partial charge < -0.3 is 19.1 Å². The number of piperidine rings is 1. The maximum absolute atomic E-state index is 12.7. The Bertz CT molecular complexity index is 721. The van der Waals surface area contributed by atoms with Crippen molar-refractivity contribution in [3.8, 4) is 0 Å². The Kier molecular flexibility index (Phi) is 6.54. The first-order valence-electron chi connectivity index (χ1n) is 9.56. The van der Waals surface area contributed by atoms with Gasteiger partial charge in [0.1, 0.15) is 10.4 Å². The molecular formula is C19H29IN4O3S. The summed E-state index contributed by atoms with van der Waals surface area (Å²) in [5.74, 6) is 2.80. The van der Waals surface area contributed by atoms with Crippen LogP contribution < -0.4 is 4.72 Å². The molecule has 2 saturated heterocycles. The van der Waals surface area contributed by atoms with Crippen molar-refractivity contribution in [1.82, 2.24) is 14.5 Å². The van der Waals surface area contributed by atoms with Gasteiger partial charge in [0.25, 0.3) is 0 Å². The van der Waals surface area contributed by atoms with Gasteiger partial charge in [-0.1, -0.05) is 0 Å². The molecular weight excluding hydrogens is 491 g/mol. The van der Waals surface area contributed by atoms with E-state index in [1.807, 2.05) is 38.7 Å². The Morgan fingerprint density at radius 3 is 2.64 bits per heavy atom.